The van der Waals surface area contributed by atoms with Gasteiger partial charge in [0.05, 0.1) is 11.3 Å². The van der Waals surface area contributed by atoms with Gasteiger partial charge in [-0.25, -0.2) is 0 Å². The van der Waals surface area contributed by atoms with Gasteiger partial charge < -0.3 is 15.3 Å². The van der Waals surface area contributed by atoms with Crippen molar-refractivity contribution in [2.75, 3.05) is 26.2 Å². The summed E-state index contributed by atoms with van der Waals surface area (Å²) < 4.78 is 0. The van der Waals surface area contributed by atoms with Gasteiger partial charge in [-0.3, -0.25) is 9.59 Å². The van der Waals surface area contributed by atoms with E-state index in [9.17, 15) is 9.59 Å². The molecule has 2 heterocycles. The Hall–Kier alpha value is -1.10. The highest BCUT2D eigenvalue weighted by atomic mass is 16.4. The summed E-state index contributed by atoms with van der Waals surface area (Å²) in [5, 5.41) is 12.1. The van der Waals surface area contributed by atoms with Crippen molar-refractivity contribution in [1.82, 2.24) is 10.2 Å². The predicted molar refractivity (Wildman–Crippen MR) is 62.5 cm³/mol. The minimum Gasteiger partial charge on any atom is -0.481 e. The Morgan fingerprint density at radius 1 is 1.47 bits per heavy atom. The van der Waals surface area contributed by atoms with E-state index in [1.54, 1.807) is 4.90 Å². The first kappa shape index (κ1) is 12.4. The Morgan fingerprint density at radius 2 is 2.18 bits per heavy atom. The molecule has 5 nitrogen and oxygen atoms in total. The third-order valence-electron chi connectivity index (χ3n) is 3.94. The van der Waals surface area contributed by atoms with Gasteiger partial charge in [0.2, 0.25) is 5.91 Å². The summed E-state index contributed by atoms with van der Waals surface area (Å²) >= 11 is 0. The smallest absolute Gasteiger partial charge is 0.310 e. The summed E-state index contributed by atoms with van der Waals surface area (Å²) in [5.41, 5.74) is -0.266. The van der Waals surface area contributed by atoms with Crippen molar-refractivity contribution < 1.29 is 14.7 Å². The second kappa shape index (κ2) is 4.64. The Morgan fingerprint density at radius 3 is 2.65 bits per heavy atom. The number of aliphatic carboxylic acids is 1. The van der Waals surface area contributed by atoms with Crippen LogP contribution in [0.25, 0.3) is 0 Å². The van der Waals surface area contributed by atoms with E-state index >= 15 is 0 Å². The lowest BCUT2D eigenvalue weighted by Gasteiger charge is -2.42. The molecule has 0 aromatic heterocycles. The van der Waals surface area contributed by atoms with Crippen LogP contribution >= 0.6 is 0 Å². The standard InChI is InChI=1S/C12H20N2O3/c1-2-3-12(4-5-13-8-12)11(17)14-6-9(7-14)10(15)16/h9,13H,2-8H2,1H3,(H,15,16). The Bertz CT molecular complexity index is 318. The van der Waals surface area contributed by atoms with Gasteiger partial charge in [0.25, 0.3) is 0 Å². The second-order valence-corrected chi connectivity index (χ2v) is 5.20. The number of nitrogens with one attached hydrogen (secondary N) is 1. The second-order valence-electron chi connectivity index (χ2n) is 5.20. The summed E-state index contributed by atoms with van der Waals surface area (Å²) in [6.07, 6.45) is 2.77. The number of likely N-dealkylation sites (tertiary alicyclic amines) is 1. The number of carbonyl (C=O) groups is 2. The zero-order chi connectivity index (χ0) is 12.5. The fraction of sp³-hybridized carbons (Fsp3) is 0.833. The lowest BCUT2D eigenvalue weighted by molar-refractivity contribution is -0.157. The molecule has 0 spiro atoms. The molecule has 0 radical (unpaired) electrons. The van der Waals surface area contributed by atoms with E-state index in [-0.39, 0.29) is 17.2 Å². The van der Waals surface area contributed by atoms with Gasteiger partial charge in [0, 0.05) is 19.6 Å². The van der Waals surface area contributed by atoms with Crippen LogP contribution in [-0.4, -0.2) is 48.1 Å². The molecule has 1 amide bonds. The monoisotopic (exact) mass is 240 g/mol. The van der Waals surface area contributed by atoms with Crippen molar-refractivity contribution in [2.45, 2.75) is 26.2 Å². The summed E-state index contributed by atoms with van der Waals surface area (Å²) in [6, 6.07) is 0. The summed E-state index contributed by atoms with van der Waals surface area (Å²) in [5.74, 6) is -0.989. The van der Waals surface area contributed by atoms with Crippen LogP contribution in [0, 0.1) is 11.3 Å². The average Bonchev–Trinajstić information content (AvgIpc) is 2.65. The molecule has 96 valence electrons. The minimum absolute atomic E-state index is 0.154. The molecule has 2 aliphatic heterocycles. The van der Waals surface area contributed by atoms with Crippen LogP contribution in [0.3, 0.4) is 0 Å². The van der Waals surface area contributed by atoms with E-state index in [4.69, 9.17) is 5.11 Å². The third kappa shape index (κ3) is 2.16. The van der Waals surface area contributed by atoms with E-state index in [2.05, 4.69) is 12.2 Å². The SMILES string of the molecule is CCCC1(C(=O)N2CC(C(=O)O)C2)CCNC1. The molecule has 2 saturated heterocycles. The van der Waals surface area contributed by atoms with E-state index in [1.165, 1.54) is 0 Å². The normalized spacial score (nSPS) is 29.1. The number of nitrogens with zero attached hydrogens (tertiary/aromatic N) is 1. The summed E-state index contributed by atoms with van der Waals surface area (Å²) in [4.78, 5) is 24.8. The zero-order valence-corrected chi connectivity index (χ0v) is 10.2. The van der Waals surface area contributed by atoms with Crippen LogP contribution in [0.2, 0.25) is 0 Å². The molecular weight excluding hydrogens is 220 g/mol. The van der Waals surface area contributed by atoms with Gasteiger partial charge in [-0.1, -0.05) is 13.3 Å². The molecule has 0 aliphatic carbocycles. The van der Waals surface area contributed by atoms with Crippen molar-refractivity contribution >= 4 is 11.9 Å². The third-order valence-corrected chi connectivity index (χ3v) is 3.94. The van der Waals surface area contributed by atoms with Gasteiger partial charge in [-0.05, 0) is 19.4 Å². The van der Waals surface area contributed by atoms with Crippen LogP contribution in [-0.2, 0) is 9.59 Å². The zero-order valence-electron chi connectivity index (χ0n) is 10.2. The van der Waals surface area contributed by atoms with Gasteiger partial charge in [-0.2, -0.15) is 0 Å². The fourth-order valence-corrected chi connectivity index (χ4v) is 2.86. The summed E-state index contributed by atoms with van der Waals surface area (Å²) in [6.45, 7) is 4.50. The van der Waals surface area contributed by atoms with Gasteiger partial charge in [0.1, 0.15) is 0 Å². The molecule has 2 rings (SSSR count). The van der Waals surface area contributed by atoms with Gasteiger partial charge >= 0.3 is 5.97 Å². The molecule has 2 N–H and O–H groups in total. The van der Waals surface area contributed by atoms with E-state index in [0.29, 0.717) is 13.1 Å². The number of hydrogen-bond donors (Lipinski definition) is 2. The highest BCUT2D eigenvalue weighted by molar-refractivity contribution is 5.86. The lowest BCUT2D eigenvalue weighted by atomic mass is 9.79. The Balaban J connectivity index is 1.97. The molecule has 1 atom stereocenters. The maximum Gasteiger partial charge on any atom is 0.310 e. The molecule has 0 aromatic carbocycles. The van der Waals surface area contributed by atoms with Crippen molar-refractivity contribution in [1.29, 1.82) is 0 Å². The highest BCUT2D eigenvalue weighted by Crippen LogP contribution is 2.35. The van der Waals surface area contributed by atoms with Gasteiger partial charge in [-0.15, -0.1) is 0 Å². The first-order valence-corrected chi connectivity index (χ1v) is 6.32. The van der Waals surface area contributed by atoms with E-state index in [0.717, 1.165) is 32.4 Å². The average molecular weight is 240 g/mol. The summed E-state index contributed by atoms with van der Waals surface area (Å²) in [7, 11) is 0. The van der Waals surface area contributed by atoms with Crippen LogP contribution in [0.1, 0.15) is 26.2 Å². The minimum atomic E-state index is -0.789. The number of amides is 1. The highest BCUT2D eigenvalue weighted by Gasteiger charge is 2.47. The number of hydrogen-bond acceptors (Lipinski definition) is 3. The van der Waals surface area contributed by atoms with Crippen LogP contribution in [0.4, 0.5) is 0 Å². The van der Waals surface area contributed by atoms with Crippen molar-refractivity contribution in [2.24, 2.45) is 11.3 Å². The maximum atomic E-state index is 12.4. The molecule has 17 heavy (non-hydrogen) atoms. The van der Waals surface area contributed by atoms with Crippen molar-refractivity contribution in [3.05, 3.63) is 0 Å². The number of carboxylic acids is 1. The molecule has 1 unspecified atom stereocenters. The first-order chi connectivity index (χ1) is 8.09. The molecular formula is C12H20N2O3. The molecule has 2 fully saturated rings. The van der Waals surface area contributed by atoms with Gasteiger partial charge in [0.15, 0.2) is 0 Å². The van der Waals surface area contributed by atoms with Crippen LogP contribution < -0.4 is 5.32 Å². The van der Waals surface area contributed by atoms with Crippen molar-refractivity contribution in [3.8, 4) is 0 Å². The Labute approximate surface area is 101 Å². The first-order valence-electron chi connectivity index (χ1n) is 6.32. The number of carbonyl (C=O) groups excluding carboxylic acids is 1. The molecule has 2 aliphatic rings. The topological polar surface area (TPSA) is 69.6 Å². The van der Waals surface area contributed by atoms with E-state index < -0.39 is 5.97 Å². The van der Waals surface area contributed by atoms with Crippen LogP contribution in [0.5, 0.6) is 0 Å². The Kier molecular flexibility index (Phi) is 3.38. The van der Waals surface area contributed by atoms with Crippen molar-refractivity contribution in [3.63, 3.8) is 0 Å². The molecule has 0 saturated carbocycles. The number of carboxylic acid groups (broad SMARTS) is 1. The van der Waals surface area contributed by atoms with E-state index in [1.807, 2.05) is 0 Å². The maximum absolute atomic E-state index is 12.4. The fourth-order valence-electron chi connectivity index (χ4n) is 2.86. The largest absolute Gasteiger partial charge is 0.481 e. The number of rotatable bonds is 4. The molecule has 5 heteroatoms. The molecule has 0 bridgehead atoms. The molecule has 0 aromatic rings. The predicted octanol–water partition coefficient (Wildman–Crippen LogP) is 0.309. The lowest BCUT2D eigenvalue weighted by Crippen LogP contribution is -2.57. The van der Waals surface area contributed by atoms with Crippen LogP contribution in [0.15, 0.2) is 0 Å². The quantitative estimate of drug-likeness (QED) is 0.742.